The number of methoxy groups -OCH3 is 1. The summed E-state index contributed by atoms with van der Waals surface area (Å²) in [7, 11) is 1.37. The molecular formula is C19H25NO5. The summed E-state index contributed by atoms with van der Waals surface area (Å²) >= 11 is 0. The highest BCUT2D eigenvalue weighted by Crippen LogP contribution is 2.44. The minimum atomic E-state index is -0.448. The molecule has 2 aliphatic heterocycles. The van der Waals surface area contributed by atoms with E-state index in [1.807, 2.05) is 38.1 Å². The van der Waals surface area contributed by atoms with Gasteiger partial charge in [-0.25, -0.2) is 5.06 Å². The van der Waals surface area contributed by atoms with E-state index >= 15 is 0 Å². The lowest BCUT2D eigenvalue weighted by molar-refractivity contribution is -0.180. The van der Waals surface area contributed by atoms with Gasteiger partial charge < -0.3 is 9.47 Å². The first-order valence-electron chi connectivity index (χ1n) is 8.71. The van der Waals surface area contributed by atoms with Crippen LogP contribution < -0.4 is 4.74 Å². The fourth-order valence-corrected chi connectivity index (χ4v) is 3.51. The molecule has 25 heavy (non-hydrogen) atoms. The molecule has 1 fully saturated rings. The van der Waals surface area contributed by atoms with Gasteiger partial charge in [-0.1, -0.05) is 32.0 Å². The number of carbonyl (C=O) groups excluding carboxylic acids is 2. The van der Waals surface area contributed by atoms with Gasteiger partial charge in [0.1, 0.15) is 5.75 Å². The lowest BCUT2D eigenvalue weighted by atomic mass is 9.80. The molecule has 1 aromatic carbocycles. The minimum Gasteiger partial charge on any atom is -0.493 e. The zero-order chi connectivity index (χ0) is 18.0. The van der Waals surface area contributed by atoms with Crippen molar-refractivity contribution in [2.75, 3.05) is 20.3 Å². The number of rotatable bonds is 5. The van der Waals surface area contributed by atoms with Crippen molar-refractivity contribution in [2.24, 2.45) is 11.3 Å². The molecule has 0 aliphatic carbocycles. The van der Waals surface area contributed by atoms with Crippen LogP contribution in [0.15, 0.2) is 24.3 Å². The Morgan fingerprint density at radius 1 is 1.28 bits per heavy atom. The average molecular weight is 347 g/mol. The molecule has 0 saturated carbocycles. The monoisotopic (exact) mass is 347 g/mol. The maximum Gasteiger partial charge on any atom is 0.306 e. The fraction of sp³-hybridized carbons (Fsp3) is 0.579. The number of carbonyl (C=O) groups is 2. The van der Waals surface area contributed by atoms with E-state index in [4.69, 9.17) is 14.3 Å². The summed E-state index contributed by atoms with van der Waals surface area (Å²) in [6.07, 6.45) is 1.16. The molecule has 0 bridgehead atoms. The Kier molecular flexibility index (Phi) is 4.99. The molecule has 3 rings (SSSR count). The van der Waals surface area contributed by atoms with E-state index in [2.05, 4.69) is 0 Å². The van der Waals surface area contributed by atoms with Crippen molar-refractivity contribution in [1.29, 1.82) is 0 Å². The number of hydrogen-bond donors (Lipinski definition) is 0. The summed E-state index contributed by atoms with van der Waals surface area (Å²) in [5.74, 6) is 0.540. The van der Waals surface area contributed by atoms with Gasteiger partial charge in [0.05, 0.1) is 32.8 Å². The maximum atomic E-state index is 13.0. The molecule has 1 aromatic rings. The van der Waals surface area contributed by atoms with Crippen molar-refractivity contribution in [2.45, 2.75) is 39.2 Å². The van der Waals surface area contributed by atoms with Gasteiger partial charge in [-0.15, -0.1) is 0 Å². The van der Waals surface area contributed by atoms with Crippen molar-refractivity contribution in [3.05, 3.63) is 29.8 Å². The van der Waals surface area contributed by atoms with E-state index in [0.29, 0.717) is 19.6 Å². The average Bonchev–Trinajstić information content (AvgIpc) is 3.06. The van der Waals surface area contributed by atoms with Crippen molar-refractivity contribution in [3.63, 3.8) is 0 Å². The first-order valence-corrected chi connectivity index (χ1v) is 8.71. The Labute approximate surface area is 148 Å². The summed E-state index contributed by atoms with van der Waals surface area (Å²) in [5, 5.41) is 1.50. The summed E-state index contributed by atoms with van der Waals surface area (Å²) in [4.78, 5) is 30.4. The van der Waals surface area contributed by atoms with Gasteiger partial charge in [-0.2, -0.15) is 0 Å². The first kappa shape index (κ1) is 17.7. The standard InChI is InChI=1S/C19H25NO5/c1-4-19(2,10-17(22)23-3)9-16(21)20-18-13(12-25-20)11-24-15-8-6-5-7-14(15)18/h5-8,13,18H,4,9-12H2,1-3H3/t13-,18+,19+/m1/s1. The molecule has 1 amide bonds. The molecule has 1 saturated heterocycles. The van der Waals surface area contributed by atoms with Gasteiger partial charge in [0, 0.05) is 17.9 Å². The second-order valence-electron chi connectivity index (χ2n) is 7.16. The third kappa shape index (κ3) is 3.49. The van der Waals surface area contributed by atoms with Crippen LogP contribution in [0.4, 0.5) is 0 Å². The predicted octanol–water partition coefficient (Wildman–Crippen LogP) is 2.88. The molecule has 3 atom stereocenters. The molecule has 0 N–H and O–H groups in total. The maximum absolute atomic E-state index is 13.0. The van der Waals surface area contributed by atoms with Crippen LogP contribution in [-0.2, 0) is 19.2 Å². The van der Waals surface area contributed by atoms with E-state index in [1.165, 1.54) is 12.2 Å². The highest BCUT2D eigenvalue weighted by Gasteiger charge is 2.45. The predicted molar refractivity (Wildman–Crippen MR) is 90.6 cm³/mol. The molecule has 0 aromatic heterocycles. The molecule has 0 radical (unpaired) electrons. The third-order valence-corrected chi connectivity index (χ3v) is 5.29. The summed E-state index contributed by atoms with van der Waals surface area (Å²) in [6.45, 7) is 4.92. The molecular weight excluding hydrogens is 322 g/mol. The number of nitrogens with zero attached hydrogens (tertiary/aromatic N) is 1. The van der Waals surface area contributed by atoms with Crippen LogP contribution in [0.1, 0.15) is 44.7 Å². The van der Waals surface area contributed by atoms with Crippen LogP contribution in [0.5, 0.6) is 5.75 Å². The smallest absolute Gasteiger partial charge is 0.306 e. The van der Waals surface area contributed by atoms with Crippen molar-refractivity contribution in [3.8, 4) is 5.75 Å². The van der Waals surface area contributed by atoms with Gasteiger partial charge in [0.2, 0.25) is 5.91 Å². The van der Waals surface area contributed by atoms with Crippen LogP contribution in [0.3, 0.4) is 0 Å². The summed E-state index contributed by atoms with van der Waals surface area (Å²) in [6, 6.07) is 7.63. The van der Waals surface area contributed by atoms with E-state index in [0.717, 1.165) is 11.3 Å². The van der Waals surface area contributed by atoms with Crippen LogP contribution in [0, 0.1) is 11.3 Å². The van der Waals surface area contributed by atoms with Crippen molar-refractivity contribution in [1.82, 2.24) is 5.06 Å². The number of benzene rings is 1. The number of para-hydroxylation sites is 1. The zero-order valence-corrected chi connectivity index (χ0v) is 15.0. The molecule has 6 heteroatoms. The first-order chi connectivity index (χ1) is 12.0. The van der Waals surface area contributed by atoms with Gasteiger partial charge in [0.15, 0.2) is 0 Å². The van der Waals surface area contributed by atoms with Gasteiger partial charge in [0.25, 0.3) is 0 Å². The number of amides is 1. The van der Waals surface area contributed by atoms with Gasteiger partial charge in [-0.05, 0) is 17.9 Å². The van der Waals surface area contributed by atoms with Crippen LogP contribution >= 0.6 is 0 Å². The largest absolute Gasteiger partial charge is 0.493 e. The molecule has 2 heterocycles. The second-order valence-corrected chi connectivity index (χ2v) is 7.16. The normalized spacial score (nSPS) is 23.9. The highest BCUT2D eigenvalue weighted by atomic mass is 16.7. The highest BCUT2D eigenvalue weighted by molar-refractivity contribution is 5.78. The van der Waals surface area contributed by atoms with Crippen LogP contribution in [-0.4, -0.2) is 37.3 Å². The molecule has 2 aliphatic rings. The quantitative estimate of drug-likeness (QED) is 0.766. The Balaban J connectivity index is 1.78. The van der Waals surface area contributed by atoms with Gasteiger partial charge in [-0.3, -0.25) is 14.4 Å². The summed E-state index contributed by atoms with van der Waals surface area (Å²) in [5.41, 5.74) is 0.534. The van der Waals surface area contributed by atoms with Crippen LogP contribution in [0.25, 0.3) is 0 Å². The lowest BCUT2D eigenvalue weighted by Gasteiger charge is -2.33. The number of ether oxygens (including phenoxy) is 2. The number of hydrogen-bond acceptors (Lipinski definition) is 5. The number of fused-ring (bicyclic) bond motifs is 3. The number of esters is 1. The Morgan fingerprint density at radius 2 is 2.04 bits per heavy atom. The number of hydroxylamine groups is 2. The SMILES string of the molecule is CC[C@](C)(CC(=O)OC)CC(=O)N1OC[C@H]2COc3ccccc3[C@H]21. The zero-order valence-electron chi connectivity index (χ0n) is 15.0. The Bertz CT molecular complexity index is 661. The lowest BCUT2D eigenvalue weighted by Crippen LogP contribution is -2.37. The molecule has 6 nitrogen and oxygen atoms in total. The minimum absolute atomic E-state index is 0.0996. The Hall–Kier alpha value is -2.08. The van der Waals surface area contributed by atoms with E-state index in [1.54, 1.807) is 0 Å². The van der Waals surface area contributed by atoms with E-state index in [9.17, 15) is 9.59 Å². The summed E-state index contributed by atoms with van der Waals surface area (Å²) < 4.78 is 10.6. The Morgan fingerprint density at radius 3 is 2.76 bits per heavy atom. The van der Waals surface area contributed by atoms with E-state index < -0.39 is 5.41 Å². The third-order valence-electron chi connectivity index (χ3n) is 5.29. The topological polar surface area (TPSA) is 65.1 Å². The van der Waals surface area contributed by atoms with E-state index in [-0.39, 0.29) is 36.7 Å². The second kappa shape index (κ2) is 7.04. The molecule has 0 unspecified atom stereocenters. The van der Waals surface area contributed by atoms with Crippen molar-refractivity contribution < 1.29 is 23.9 Å². The van der Waals surface area contributed by atoms with Crippen molar-refractivity contribution >= 4 is 11.9 Å². The van der Waals surface area contributed by atoms with Gasteiger partial charge >= 0.3 is 5.97 Å². The molecule has 136 valence electrons. The fourth-order valence-electron chi connectivity index (χ4n) is 3.51. The van der Waals surface area contributed by atoms with Crippen LogP contribution in [0.2, 0.25) is 0 Å². The molecule has 0 spiro atoms.